The molecule has 0 aromatic heterocycles. The molecule has 1 aromatic rings. The number of aliphatic carboxylic acids is 1. The van der Waals surface area contributed by atoms with Crippen molar-refractivity contribution in [1.82, 2.24) is 5.32 Å². The van der Waals surface area contributed by atoms with Gasteiger partial charge in [0.15, 0.2) is 0 Å². The number of benzene rings is 1. The summed E-state index contributed by atoms with van der Waals surface area (Å²) >= 11 is 0. The van der Waals surface area contributed by atoms with Gasteiger partial charge in [-0.3, -0.25) is 4.79 Å². The molecule has 1 rings (SSSR count). The van der Waals surface area contributed by atoms with Crippen molar-refractivity contribution in [1.29, 1.82) is 5.26 Å². The van der Waals surface area contributed by atoms with Gasteiger partial charge in [0.2, 0.25) is 5.91 Å². The third-order valence-electron chi connectivity index (χ3n) is 2.76. The summed E-state index contributed by atoms with van der Waals surface area (Å²) in [4.78, 5) is 22.6. The van der Waals surface area contributed by atoms with Gasteiger partial charge in [-0.1, -0.05) is 30.3 Å². The molecule has 0 saturated heterocycles. The van der Waals surface area contributed by atoms with Gasteiger partial charge in [0.05, 0.1) is 12.7 Å². The first kappa shape index (κ1) is 16.7. The third-order valence-corrected chi connectivity index (χ3v) is 2.76. The molecule has 0 heterocycles. The van der Waals surface area contributed by atoms with Crippen molar-refractivity contribution in [2.45, 2.75) is 31.9 Å². The molecule has 1 amide bonds. The summed E-state index contributed by atoms with van der Waals surface area (Å²) in [5.41, 5.74) is 0.939. The molecule has 1 atom stereocenters. The molecule has 0 fully saturated rings. The maximum Gasteiger partial charge on any atom is 0.326 e. The standard InChI is InChI=1S/C15H18N2O4/c16-9-5-4-8-13(15(19)20)17-14(18)11-21-10-12-6-2-1-3-7-12/h1-3,6-7,13H,4-5,8,10-11H2,(H,17,18)(H,19,20)/t13-/m1/s1. The van der Waals surface area contributed by atoms with Crippen LogP contribution in [0.2, 0.25) is 0 Å². The van der Waals surface area contributed by atoms with Crippen LogP contribution in [0.1, 0.15) is 24.8 Å². The maximum absolute atomic E-state index is 11.6. The Morgan fingerprint density at radius 2 is 2.05 bits per heavy atom. The van der Waals surface area contributed by atoms with E-state index in [1.54, 1.807) is 0 Å². The van der Waals surface area contributed by atoms with Crippen molar-refractivity contribution in [3.05, 3.63) is 35.9 Å². The molecular formula is C15H18N2O4. The minimum Gasteiger partial charge on any atom is -0.480 e. The van der Waals surface area contributed by atoms with E-state index in [0.717, 1.165) is 5.56 Å². The Kier molecular flexibility index (Phi) is 7.54. The molecule has 0 spiro atoms. The van der Waals surface area contributed by atoms with E-state index in [0.29, 0.717) is 13.0 Å². The van der Waals surface area contributed by atoms with Crippen LogP contribution in [-0.2, 0) is 20.9 Å². The van der Waals surface area contributed by atoms with E-state index >= 15 is 0 Å². The van der Waals surface area contributed by atoms with Crippen molar-refractivity contribution in [3.8, 4) is 6.07 Å². The number of carboxylic acid groups (broad SMARTS) is 1. The Hall–Kier alpha value is -2.39. The van der Waals surface area contributed by atoms with Crippen molar-refractivity contribution in [2.75, 3.05) is 6.61 Å². The molecule has 0 radical (unpaired) electrons. The van der Waals surface area contributed by atoms with E-state index in [2.05, 4.69) is 5.32 Å². The Morgan fingerprint density at radius 1 is 1.33 bits per heavy atom. The predicted octanol–water partition coefficient (Wildman–Crippen LogP) is 1.47. The normalized spacial score (nSPS) is 11.4. The molecule has 2 N–H and O–H groups in total. The fourth-order valence-electron chi connectivity index (χ4n) is 1.71. The zero-order valence-electron chi connectivity index (χ0n) is 11.6. The molecule has 0 saturated carbocycles. The molecule has 6 heteroatoms. The summed E-state index contributed by atoms with van der Waals surface area (Å²) in [7, 11) is 0. The molecular weight excluding hydrogens is 272 g/mol. The van der Waals surface area contributed by atoms with Crippen LogP contribution in [0.25, 0.3) is 0 Å². The van der Waals surface area contributed by atoms with Crippen LogP contribution < -0.4 is 5.32 Å². The fourth-order valence-corrected chi connectivity index (χ4v) is 1.71. The van der Waals surface area contributed by atoms with Gasteiger partial charge in [-0.25, -0.2) is 4.79 Å². The lowest BCUT2D eigenvalue weighted by Gasteiger charge is -2.13. The molecule has 1 aromatic carbocycles. The first-order chi connectivity index (χ1) is 10.1. The average molecular weight is 290 g/mol. The molecule has 112 valence electrons. The summed E-state index contributed by atoms with van der Waals surface area (Å²) in [6, 6.07) is 10.3. The number of nitriles is 1. The third kappa shape index (κ3) is 7.09. The first-order valence-corrected chi connectivity index (χ1v) is 6.64. The Bertz CT molecular complexity index is 496. The SMILES string of the molecule is N#CCCC[C@@H](NC(=O)COCc1ccccc1)C(=O)O. The Labute approximate surface area is 123 Å². The van der Waals surface area contributed by atoms with Gasteiger partial charge >= 0.3 is 5.97 Å². The number of hydrogen-bond acceptors (Lipinski definition) is 4. The van der Waals surface area contributed by atoms with Crippen molar-refractivity contribution in [3.63, 3.8) is 0 Å². The van der Waals surface area contributed by atoms with Crippen LogP contribution in [0.3, 0.4) is 0 Å². The summed E-state index contributed by atoms with van der Waals surface area (Å²) in [6.45, 7) is 0.0946. The van der Waals surface area contributed by atoms with Crippen LogP contribution >= 0.6 is 0 Å². The van der Waals surface area contributed by atoms with Crippen molar-refractivity contribution < 1.29 is 19.4 Å². The number of amides is 1. The van der Waals surface area contributed by atoms with Crippen LogP contribution in [0.5, 0.6) is 0 Å². The molecule has 0 unspecified atom stereocenters. The highest BCUT2D eigenvalue weighted by atomic mass is 16.5. The number of unbranched alkanes of at least 4 members (excludes halogenated alkanes) is 1. The van der Waals surface area contributed by atoms with Crippen LogP contribution in [-0.4, -0.2) is 29.6 Å². The molecule has 0 aliphatic heterocycles. The second-order valence-corrected chi connectivity index (χ2v) is 4.49. The number of carbonyl (C=O) groups is 2. The van der Waals surface area contributed by atoms with E-state index in [1.165, 1.54) is 0 Å². The molecule has 0 aliphatic carbocycles. The highest BCUT2D eigenvalue weighted by molar-refractivity contribution is 5.84. The van der Waals surface area contributed by atoms with E-state index in [9.17, 15) is 9.59 Å². The van der Waals surface area contributed by atoms with Gasteiger partial charge in [0.1, 0.15) is 12.6 Å². The lowest BCUT2D eigenvalue weighted by molar-refractivity contribution is -0.142. The Balaban J connectivity index is 2.30. The second kappa shape index (κ2) is 9.50. The predicted molar refractivity (Wildman–Crippen MR) is 75.1 cm³/mol. The summed E-state index contributed by atoms with van der Waals surface area (Å²) in [5.74, 6) is -1.58. The van der Waals surface area contributed by atoms with Crippen LogP contribution in [0, 0.1) is 11.3 Å². The summed E-state index contributed by atoms with van der Waals surface area (Å²) in [6.07, 6.45) is 0.927. The van der Waals surface area contributed by atoms with E-state index in [-0.39, 0.29) is 19.4 Å². The number of carboxylic acids is 1. The van der Waals surface area contributed by atoms with Gasteiger partial charge in [-0.2, -0.15) is 5.26 Å². The first-order valence-electron chi connectivity index (χ1n) is 6.64. The smallest absolute Gasteiger partial charge is 0.326 e. The van der Waals surface area contributed by atoms with Gasteiger partial charge in [0, 0.05) is 6.42 Å². The van der Waals surface area contributed by atoms with Gasteiger partial charge < -0.3 is 15.2 Å². The summed E-state index contributed by atoms with van der Waals surface area (Å²) < 4.78 is 5.23. The number of nitrogens with zero attached hydrogens (tertiary/aromatic N) is 1. The van der Waals surface area contributed by atoms with Crippen LogP contribution in [0.4, 0.5) is 0 Å². The lowest BCUT2D eigenvalue weighted by Crippen LogP contribution is -2.42. The number of nitrogens with one attached hydrogen (secondary N) is 1. The summed E-state index contributed by atoms with van der Waals surface area (Å²) in [5, 5.41) is 19.8. The van der Waals surface area contributed by atoms with Gasteiger partial charge in [-0.15, -0.1) is 0 Å². The monoisotopic (exact) mass is 290 g/mol. The van der Waals surface area contributed by atoms with E-state index < -0.39 is 17.9 Å². The topological polar surface area (TPSA) is 99.4 Å². The number of hydrogen-bond donors (Lipinski definition) is 2. The van der Waals surface area contributed by atoms with E-state index in [4.69, 9.17) is 15.1 Å². The lowest BCUT2D eigenvalue weighted by atomic mass is 10.1. The van der Waals surface area contributed by atoms with Crippen molar-refractivity contribution in [2.24, 2.45) is 0 Å². The molecule has 0 bridgehead atoms. The molecule has 0 aliphatic rings. The highest BCUT2D eigenvalue weighted by Crippen LogP contribution is 2.02. The van der Waals surface area contributed by atoms with E-state index in [1.807, 2.05) is 36.4 Å². The Morgan fingerprint density at radius 3 is 2.67 bits per heavy atom. The highest BCUT2D eigenvalue weighted by Gasteiger charge is 2.19. The molecule has 6 nitrogen and oxygen atoms in total. The molecule has 21 heavy (non-hydrogen) atoms. The minimum absolute atomic E-state index is 0.197. The van der Waals surface area contributed by atoms with Crippen molar-refractivity contribution >= 4 is 11.9 Å². The van der Waals surface area contributed by atoms with Gasteiger partial charge in [0.25, 0.3) is 0 Å². The number of carbonyl (C=O) groups excluding carboxylic acids is 1. The maximum atomic E-state index is 11.6. The minimum atomic E-state index is -1.11. The number of ether oxygens (including phenoxy) is 1. The number of rotatable bonds is 9. The average Bonchev–Trinajstić information content (AvgIpc) is 2.47. The second-order valence-electron chi connectivity index (χ2n) is 4.49. The zero-order chi connectivity index (χ0) is 15.5. The fraction of sp³-hybridized carbons (Fsp3) is 0.400. The largest absolute Gasteiger partial charge is 0.480 e. The quantitative estimate of drug-likeness (QED) is 0.671. The van der Waals surface area contributed by atoms with Gasteiger partial charge in [-0.05, 0) is 18.4 Å². The van der Waals surface area contributed by atoms with Crippen LogP contribution in [0.15, 0.2) is 30.3 Å². The zero-order valence-corrected chi connectivity index (χ0v) is 11.6.